The second-order valence-electron chi connectivity index (χ2n) is 9.28. The lowest BCUT2D eigenvalue weighted by Gasteiger charge is -2.37. The van der Waals surface area contributed by atoms with E-state index in [2.05, 4.69) is 20.6 Å². The van der Waals surface area contributed by atoms with Crippen molar-refractivity contribution >= 4 is 15.7 Å². The van der Waals surface area contributed by atoms with Gasteiger partial charge < -0.3 is 14.4 Å². The molecule has 2 fully saturated rings. The molecule has 0 spiro atoms. The topological polar surface area (TPSA) is 71.1 Å². The van der Waals surface area contributed by atoms with Gasteiger partial charge in [0, 0.05) is 32.2 Å². The van der Waals surface area contributed by atoms with Crippen molar-refractivity contribution in [3.63, 3.8) is 0 Å². The maximum absolute atomic E-state index is 12.6. The number of hydrogen-bond donors (Lipinski definition) is 1. The number of fused-ring (bicyclic) bond motifs is 1. The summed E-state index contributed by atoms with van der Waals surface area (Å²) in [6, 6.07) is 14.8. The van der Waals surface area contributed by atoms with E-state index in [0.717, 1.165) is 75.6 Å². The maximum Gasteiger partial charge on any atom is 0.240 e. The molecule has 0 bridgehead atoms. The molecule has 0 unspecified atom stereocenters. The summed E-state index contributed by atoms with van der Waals surface area (Å²) in [4.78, 5) is 5.31. The standard InChI is InChI=1S/C25H33N3O4S/c29-33(30,22-5-2-1-3-6-22)26-21-11-9-20(10-12-21)13-14-27-15-17-28(18-16-27)23-7-4-8-24-25(23)32-19-31-24/h1-8,20-21,26H,9-19H2/t20-,21-. The number of para-hydroxylation sites is 1. The average Bonchev–Trinajstić information content (AvgIpc) is 3.34. The zero-order valence-corrected chi connectivity index (χ0v) is 19.8. The number of ether oxygens (including phenoxy) is 2. The van der Waals surface area contributed by atoms with E-state index in [0.29, 0.717) is 17.6 Å². The molecule has 0 atom stereocenters. The number of sulfonamides is 1. The van der Waals surface area contributed by atoms with Gasteiger partial charge >= 0.3 is 0 Å². The van der Waals surface area contributed by atoms with Crippen LogP contribution in [-0.2, 0) is 10.0 Å². The van der Waals surface area contributed by atoms with E-state index in [1.54, 1.807) is 24.3 Å². The van der Waals surface area contributed by atoms with Crippen LogP contribution in [0.5, 0.6) is 11.5 Å². The first-order chi connectivity index (χ1) is 16.1. The van der Waals surface area contributed by atoms with Crippen molar-refractivity contribution in [2.75, 3.05) is 44.4 Å². The normalized spacial score (nSPS) is 23.6. The highest BCUT2D eigenvalue weighted by molar-refractivity contribution is 7.89. The van der Waals surface area contributed by atoms with Crippen LogP contribution in [0.4, 0.5) is 5.69 Å². The largest absolute Gasteiger partial charge is 0.454 e. The van der Waals surface area contributed by atoms with E-state index < -0.39 is 10.0 Å². The fourth-order valence-electron chi connectivity index (χ4n) is 5.20. The Morgan fingerprint density at radius 2 is 1.64 bits per heavy atom. The first-order valence-electron chi connectivity index (χ1n) is 12.0. The Morgan fingerprint density at radius 1 is 0.879 bits per heavy atom. The summed E-state index contributed by atoms with van der Waals surface area (Å²) in [6.07, 6.45) is 5.22. The number of nitrogens with zero attached hydrogens (tertiary/aromatic N) is 2. The minimum atomic E-state index is -3.42. The third kappa shape index (κ3) is 5.28. The number of piperazine rings is 1. The van der Waals surface area contributed by atoms with Crippen molar-refractivity contribution in [3.05, 3.63) is 48.5 Å². The molecular weight excluding hydrogens is 438 g/mol. The van der Waals surface area contributed by atoms with Gasteiger partial charge in [0.2, 0.25) is 16.8 Å². The molecule has 1 aliphatic carbocycles. The van der Waals surface area contributed by atoms with Crippen LogP contribution < -0.4 is 19.1 Å². The summed E-state index contributed by atoms with van der Waals surface area (Å²) < 4.78 is 39.2. The highest BCUT2D eigenvalue weighted by atomic mass is 32.2. The summed E-state index contributed by atoms with van der Waals surface area (Å²) in [5.74, 6) is 2.41. The number of rotatable bonds is 7. The van der Waals surface area contributed by atoms with Gasteiger partial charge in [0.15, 0.2) is 11.5 Å². The van der Waals surface area contributed by atoms with Crippen LogP contribution in [0, 0.1) is 5.92 Å². The maximum atomic E-state index is 12.6. The van der Waals surface area contributed by atoms with Crippen LogP contribution in [0.1, 0.15) is 32.1 Å². The summed E-state index contributed by atoms with van der Waals surface area (Å²) >= 11 is 0. The molecule has 7 nitrogen and oxygen atoms in total. The molecule has 1 saturated carbocycles. The van der Waals surface area contributed by atoms with E-state index in [1.165, 1.54) is 6.42 Å². The van der Waals surface area contributed by atoms with Gasteiger partial charge in [-0.15, -0.1) is 0 Å². The third-order valence-corrected chi connectivity index (χ3v) is 8.70. The highest BCUT2D eigenvalue weighted by Crippen LogP contribution is 2.41. The molecule has 2 aliphatic heterocycles. The van der Waals surface area contributed by atoms with Crippen molar-refractivity contribution in [2.45, 2.75) is 43.0 Å². The van der Waals surface area contributed by atoms with Crippen molar-refractivity contribution in [1.29, 1.82) is 0 Å². The second-order valence-corrected chi connectivity index (χ2v) is 11.0. The summed E-state index contributed by atoms with van der Waals surface area (Å²) in [7, 11) is -3.42. The summed E-state index contributed by atoms with van der Waals surface area (Å²) in [5.41, 5.74) is 1.14. The number of benzene rings is 2. The van der Waals surface area contributed by atoms with Gasteiger partial charge in [-0.3, -0.25) is 4.90 Å². The van der Waals surface area contributed by atoms with Gasteiger partial charge in [-0.25, -0.2) is 13.1 Å². The molecule has 3 aliphatic rings. The minimum Gasteiger partial charge on any atom is -0.454 e. The summed E-state index contributed by atoms with van der Waals surface area (Å²) in [6.45, 7) is 5.52. The molecule has 33 heavy (non-hydrogen) atoms. The zero-order chi connectivity index (χ0) is 22.7. The summed E-state index contributed by atoms with van der Waals surface area (Å²) in [5, 5.41) is 0. The Kier molecular flexibility index (Phi) is 6.76. The minimum absolute atomic E-state index is 0.0498. The Bertz CT molecular complexity index is 1030. The van der Waals surface area contributed by atoms with Crippen LogP contribution in [0.25, 0.3) is 0 Å². The fourth-order valence-corrected chi connectivity index (χ4v) is 6.52. The van der Waals surface area contributed by atoms with Crippen LogP contribution in [0.3, 0.4) is 0 Å². The molecule has 0 amide bonds. The second kappa shape index (κ2) is 9.91. The predicted molar refractivity (Wildman–Crippen MR) is 128 cm³/mol. The van der Waals surface area contributed by atoms with Gasteiger partial charge in [0.1, 0.15) is 0 Å². The SMILES string of the molecule is O=S(=O)(N[C@H]1CC[C@H](CCN2CCN(c3cccc4c3OCO4)CC2)CC1)c1ccccc1. The molecule has 1 N–H and O–H groups in total. The van der Waals surface area contributed by atoms with Gasteiger partial charge in [0.05, 0.1) is 10.6 Å². The van der Waals surface area contributed by atoms with Crippen molar-refractivity contribution < 1.29 is 17.9 Å². The van der Waals surface area contributed by atoms with Crippen LogP contribution in [0.15, 0.2) is 53.4 Å². The Labute approximate surface area is 196 Å². The fraction of sp³-hybridized carbons (Fsp3) is 0.520. The van der Waals surface area contributed by atoms with E-state index in [-0.39, 0.29) is 6.04 Å². The third-order valence-electron chi connectivity index (χ3n) is 7.16. The Hall–Kier alpha value is -2.29. The first kappa shape index (κ1) is 22.5. The van der Waals surface area contributed by atoms with E-state index >= 15 is 0 Å². The van der Waals surface area contributed by atoms with Gasteiger partial charge in [-0.2, -0.15) is 0 Å². The lowest BCUT2D eigenvalue weighted by Crippen LogP contribution is -2.47. The molecule has 178 valence electrons. The lowest BCUT2D eigenvalue weighted by molar-refractivity contribution is 0.173. The molecule has 8 heteroatoms. The zero-order valence-electron chi connectivity index (χ0n) is 19.0. The Balaban J connectivity index is 1.04. The van der Waals surface area contributed by atoms with Crippen LogP contribution >= 0.6 is 0 Å². The molecule has 0 radical (unpaired) electrons. The van der Waals surface area contributed by atoms with Crippen LogP contribution in [-0.4, -0.2) is 58.9 Å². The van der Waals surface area contributed by atoms with Crippen LogP contribution in [0.2, 0.25) is 0 Å². The first-order valence-corrected chi connectivity index (χ1v) is 13.5. The van der Waals surface area contributed by atoms with Gasteiger partial charge in [-0.05, 0) is 68.8 Å². The predicted octanol–water partition coefficient (Wildman–Crippen LogP) is 3.46. The van der Waals surface area contributed by atoms with E-state index in [1.807, 2.05) is 18.2 Å². The average molecular weight is 472 g/mol. The molecule has 0 aromatic heterocycles. The molecule has 1 saturated heterocycles. The lowest BCUT2D eigenvalue weighted by atomic mass is 9.84. The van der Waals surface area contributed by atoms with Gasteiger partial charge in [-0.1, -0.05) is 24.3 Å². The molecular formula is C25H33N3O4S. The van der Waals surface area contributed by atoms with E-state index in [4.69, 9.17) is 9.47 Å². The molecule has 2 aromatic rings. The van der Waals surface area contributed by atoms with Crippen molar-refractivity contribution in [3.8, 4) is 11.5 Å². The number of anilines is 1. The number of hydrogen-bond acceptors (Lipinski definition) is 6. The smallest absolute Gasteiger partial charge is 0.240 e. The van der Waals surface area contributed by atoms with Crippen molar-refractivity contribution in [1.82, 2.24) is 9.62 Å². The van der Waals surface area contributed by atoms with Gasteiger partial charge in [0.25, 0.3) is 0 Å². The highest BCUT2D eigenvalue weighted by Gasteiger charge is 2.27. The molecule has 2 heterocycles. The van der Waals surface area contributed by atoms with E-state index in [9.17, 15) is 8.42 Å². The molecule has 5 rings (SSSR count). The Morgan fingerprint density at radius 3 is 2.39 bits per heavy atom. The monoisotopic (exact) mass is 471 g/mol. The molecule has 2 aromatic carbocycles. The van der Waals surface area contributed by atoms with Crippen molar-refractivity contribution in [2.24, 2.45) is 5.92 Å². The number of nitrogens with one attached hydrogen (secondary N) is 1. The quantitative estimate of drug-likeness (QED) is 0.667.